The van der Waals surface area contributed by atoms with Gasteiger partial charge >= 0.3 is 5.97 Å². The lowest BCUT2D eigenvalue weighted by Crippen LogP contribution is -2.53. The van der Waals surface area contributed by atoms with Crippen molar-refractivity contribution in [3.63, 3.8) is 0 Å². The van der Waals surface area contributed by atoms with E-state index in [1.165, 1.54) is 6.07 Å². The summed E-state index contributed by atoms with van der Waals surface area (Å²) in [5, 5.41) is 10.3. The average molecular weight is 456 g/mol. The molecule has 0 unspecified atom stereocenters. The van der Waals surface area contributed by atoms with E-state index >= 15 is 0 Å². The molecule has 3 aromatic rings. The van der Waals surface area contributed by atoms with Gasteiger partial charge in [0.15, 0.2) is 0 Å². The predicted octanol–water partition coefficient (Wildman–Crippen LogP) is 5.33. The third kappa shape index (κ3) is 3.86. The van der Waals surface area contributed by atoms with Crippen LogP contribution in [0.4, 0.5) is 8.78 Å². The van der Waals surface area contributed by atoms with Gasteiger partial charge < -0.3 is 14.8 Å². The number of halogens is 2. The van der Waals surface area contributed by atoms with Gasteiger partial charge in [0.1, 0.15) is 11.4 Å². The van der Waals surface area contributed by atoms with Gasteiger partial charge in [0.25, 0.3) is 0 Å². The molecule has 2 aromatic heterocycles. The minimum absolute atomic E-state index is 0.0276. The Morgan fingerprint density at radius 3 is 2.76 bits per heavy atom. The third-order valence-electron chi connectivity index (χ3n) is 7.35. The van der Waals surface area contributed by atoms with Crippen LogP contribution in [0.25, 0.3) is 10.9 Å². The number of aromatic amines is 1. The van der Waals surface area contributed by atoms with Crippen LogP contribution in [-0.4, -0.2) is 45.5 Å². The van der Waals surface area contributed by atoms with Crippen LogP contribution < -0.4 is 4.74 Å². The number of alkyl halides is 2. The minimum atomic E-state index is -2.59. The molecule has 1 atom stereocenters. The number of fused-ring (bicyclic) bond motifs is 1. The first-order valence-corrected chi connectivity index (χ1v) is 11.1. The van der Waals surface area contributed by atoms with Gasteiger partial charge in [-0.15, -0.1) is 0 Å². The van der Waals surface area contributed by atoms with Crippen molar-refractivity contribution in [2.45, 2.75) is 51.1 Å². The first-order chi connectivity index (χ1) is 15.7. The van der Waals surface area contributed by atoms with Gasteiger partial charge in [-0.1, -0.05) is 6.07 Å². The highest BCUT2D eigenvalue weighted by molar-refractivity contribution is 5.88. The number of hydrogen-bond donors (Lipinski definition) is 2. The van der Waals surface area contributed by atoms with Crippen LogP contribution in [0.5, 0.6) is 5.75 Å². The molecule has 1 aromatic carbocycles. The number of benzene rings is 1. The zero-order valence-corrected chi connectivity index (χ0v) is 18.7. The summed E-state index contributed by atoms with van der Waals surface area (Å²) in [6.07, 6.45) is 4.64. The van der Waals surface area contributed by atoms with Crippen LogP contribution in [0.15, 0.2) is 36.7 Å². The summed E-state index contributed by atoms with van der Waals surface area (Å²) in [4.78, 5) is 20.9. The number of hydrogen-bond acceptors (Lipinski definition) is 4. The molecule has 1 saturated heterocycles. The second-order valence-corrected chi connectivity index (χ2v) is 9.57. The molecule has 0 amide bonds. The van der Waals surface area contributed by atoms with E-state index in [0.717, 1.165) is 33.3 Å². The topological polar surface area (TPSA) is 78.5 Å². The minimum Gasteiger partial charge on any atom is -0.496 e. The Balaban J connectivity index is 1.50. The van der Waals surface area contributed by atoms with Crippen molar-refractivity contribution in [2.75, 3.05) is 13.7 Å². The number of pyridine rings is 1. The van der Waals surface area contributed by atoms with E-state index in [9.17, 15) is 18.7 Å². The second kappa shape index (κ2) is 7.80. The van der Waals surface area contributed by atoms with E-state index in [0.29, 0.717) is 25.9 Å². The molecule has 2 aliphatic rings. The molecule has 0 bridgehead atoms. The largest absolute Gasteiger partial charge is 0.496 e. The Morgan fingerprint density at radius 2 is 2.12 bits per heavy atom. The summed E-state index contributed by atoms with van der Waals surface area (Å²) in [6.45, 7) is 3.30. The standard InChI is InChI=1S/C25H27F2N3O3/c1-15-9-21(33-2)18(17-5-7-28-22(15)17)12-30-8-6-24(13-25(26,27)14-24)10-20(30)16-3-4-19(23(31)32)29-11-16/h3-5,7,9,11,20,28H,6,8,10,12-14H2,1-2H3,(H,31,32)/t20-/m1/s1. The van der Waals surface area contributed by atoms with E-state index < -0.39 is 11.9 Å². The number of likely N-dealkylation sites (tertiary alicyclic amines) is 1. The number of nitrogens with one attached hydrogen (secondary N) is 1. The summed E-state index contributed by atoms with van der Waals surface area (Å²) < 4.78 is 33.4. The lowest BCUT2D eigenvalue weighted by Gasteiger charge is -2.54. The first kappa shape index (κ1) is 21.8. The fourth-order valence-corrected chi connectivity index (χ4v) is 5.78. The number of methoxy groups -OCH3 is 1. The molecular weight excluding hydrogens is 428 g/mol. The number of H-pyrrole nitrogens is 1. The molecule has 1 aliphatic carbocycles. The maximum absolute atomic E-state index is 13.8. The molecule has 0 radical (unpaired) electrons. The Hall–Kier alpha value is -3.00. The van der Waals surface area contributed by atoms with Gasteiger partial charge in [-0.25, -0.2) is 18.6 Å². The molecule has 1 spiro atoms. The molecule has 3 heterocycles. The molecule has 174 valence electrons. The molecule has 5 rings (SSSR count). The zero-order valence-electron chi connectivity index (χ0n) is 18.7. The predicted molar refractivity (Wildman–Crippen MR) is 120 cm³/mol. The summed E-state index contributed by atoms with van der Waals surface area (Å²) in [5.41, 5.74) is 3.65. The molecule has 2 N–H and O–H groups in total. The highest BCUT2D eigenvalue weighted by atomic mass is 19.3. The summed E-state index contributed by atoms with van der Waals surface area (Å²) in [7, 11) is 1.66. The van der Waals surface area contributed by atoms with Crippen molar-refractivity contribution in [1.82, 2.24) is 14.9 Å². The summed E-state index contributed by atoms with van der Waals surface area (Å²) in [5.74, 6) is -2.88. The quantitative estimate of drug-likeness (QED) is 0.544. The van der Waals surface area contributed by atoms with E-state index in [-0.39, 0.29) is 30.0 Å². The van der Waals surface area contributed by atoms with Gasteiger partial charge in [0.2, 0.25) is 5.92 Å². The van der Waals surface area contributed by atoms with Crippen LogP contribution >= 0.6 is 0 Å². The lowest BCUT2D eigenvalue weighted by molar-refractivity contribution is -0.186. The van der Waals surface area contributed by atoms with Crippen LogP contribution in [0.2, 0.25) is 0 Å². The first-order valence-electron chi connectivity index (χ1n) is 11.1. The monoisotopic (exact) mass is 455 g/mol. The SMILES string of the molecule is COc1cc(C)c2[nH]ccc2c1CN1CCC2(C[C@@H]1c1ccc(C(=O)O)nc1)CC(F)(F)C2. The number of ether oxygens (including phenoxy) is 1. The fraction of sp³-hybridized carbons (Fsp3) is 0.440. The fourth-order valence-electron chi connectivity index (χ4n) is 5.78. The zero-order chi connectivity index (χ0) is 23.4. The van der Waals surface area contributed by atoms with Crippen molar-refractivity contribution >= 4 is 16.9 Å². The summed E-state index contributed by atoms with van der Waals surface area (Å²) >= 11 is 0. The number of piperidine rings is 1. The number of aryl methyl sites for hydroxylation is 1. The van der Waals surface area contributed by atoms with Gasteiger partial charge in [0.05, 0.1) is 7.11 Å². The third-order valence-corrected chi connectivity index (χ3v) is 7.35. The maximum atomic E-state index is 13.8. The van der Waals surface area contributed by atoms with Crippen molar-refractivity contribution in [1.29, 1.82) is 0 Å². The number of nitrogens with zero attached hydrogens (tertiary/aromatic N) is 2. The Kier molecular flexibility index (Phi) is 5.16. The molecule has 8 heteroatoms. The Bertz CT molecular complexity index is 1200. The van der Waals surface area contributed by atoms with E-state index in [1.807, 2.05) is 25.3 Å². The Labute approximate surface area is 190 Å². The number of aromatic carboxylic acids is 1. The van der Waals surface area contributed by atoms with Gasteiger partial charge in [0, 0.05) is 54.3 Å². The second-order valence-electron chi connectivity index (χ2n) is 9.57. The normalized spacial score (nSPS) is 21.8. The van der Waals surface area contributed by atoms with E-state index in [4.69, 9.17) is 4.74 Å². The smallest absolute Gasteiger partial charge is 0.354 e. The van der Waals surface area contributed by atoms with Gasteiger partial charge in [-0.05, 0) is 61.1 Å². The molecule has 2 fully saturated rings. The highest BCUT2D eigenvalue weighted by Crippen LogP contribution is 2.60. The molecule has 33 heavy (non-hydrogen) atoms. The molecule has 6 nitrogen and oxygen atoms in total. The van der Waals surface area contributed by atoms with Crippen LogP contribution in [-0.2, 0) is 6.54 Å². The summed E-state index contributed by atoms with van der Waals surface area (Å²) in [6, 6.07) is 7.18. The number of rotatable bonds is 5. The number of carbonyl (C=O) groups is 1. The number of carboxylic acids is 1. The Morgan fingerprint density at radius 1 is 1.33 bits per heavy atom. The van der Waals surface area contributed by atoms with Crippen molar-refractivity contribution in [3.05, 3.63) is 59.0 Å². The van der Waals surface area contributed by atoms with Crippen molar-refractivity contribution in [2.24, 2.45) is 5.41 Å². The maximum Gasteiger partial charge on any atom is 0.354 e. The molecule has 1 aliphatic heterocycles. The number of aromatic nitrogens is 2. The molecule has 1 saturated carbocycles. The average Bonchev–Trinajstić information content (AvgIpc) is 3.26. The van der Waals surface area contributed by atoms with Crippen molar-refractivity contribution < 1.29 is 23.4 Å². The number of carboxylic acid groups (broad SMARTS) is 1. The van der Waals surface area contributed by atoms with Gasteiger partial charge in [-0.3, -0.25) is 4.90 Å². The highest BCUT2D eigenvalue weighted by Gasteiger charge is 2.58. The van der Waals surface area contributed by atoms with E-state index in [1.54, 1.807) is 19.4 Å². The van der Waals surface area contributed by atoms with Crippen LogP contribution in [0.1, 0.15) is 58.9 Å². The van der Waals surface area contributed by atoms with E-state index in [2.05, 4.69) is 14.9 Å². The van der Waals surface area contributed by atoms with Gasteiger partial charge in [-0.2, -0.15) is 0 Å². The van der Waals surface area contributed by atoms with Crippen LogP contribution in [0.3, 0.4) is 0 Å². The van der Waals surface area contributed by atoms with Crippen LogP contribution in [0, 0.1) is 12.3 Å². The molecular formula is C25H27F2N3O3. The lowest BCUT2D eigenvalue weighted by atomic mass is 9.59. The van der Waals surface area contributed by atoms with Crippen molar-refractivity contribution in [3.8, 4) is 5.75 Å².